The monoisotopic (exact) mass is 418 g/mol. The molecule has 30 heavy (non-hydrogen) atoms. The smallest absolute Gasteiger partial charge is 0.289 e. The first-order chi connectivity index (χ1) is 14.5. The van der Waals surface area contributed by atoms with Gasteiger partial charge >= 0.3 is 0 Å². The quantitative estimate of drug-likeness (QED) is 0.509. The third kappa shape index (κ3) is 2.82. The molecule has 1 saturated heterocycles. The number of hydrogen-bond acceptors (Lipinski definition) is 4. The number of fused-ring (bicyclic) bond motifs is 2. The zero-order chi connectivity index (χ0) is 21.0. The lowest BCUT2D eigenvalue weighted by Gasteiger charge is -2.16. The molecule has 0 unspecified atom stereocenters. The van der Waals surface area contributed by atoms with Crippen LogP contribution in [0.2, 0.25) is 0 Å². The van der Waals surface area contributed by atoms with Crippen LogP contribution in [0.15, 0.2) is 46.9 Å². The number of rotatable bonds is 3. The van der Waals surface area contributed by atoms with Gasteiger partial charge in [0.15, 0.2) is 5.76 Å². The summed E-state index contributed by atoms with van der Waals surface area (Å²) in [6.07, 6.45) is 0.797. The first-order valence-corrected chi connectivity index (χ1v) is 10.9. The van der Waals surface area contributed by atoms with E-state index in [9.17, 15) is 9.59 Å². The minimum absolute atomic E-state index is 0.0824. The predicted molar refractivity (Wildman–Crippen MR) is 119 cm³/mol. The van der Waals surface area contributed by atoms with Crippen molar-refractivity contribution in [3.63, 3.8) is 0 Å². The van der Waals surface area contributed by atoms with Crippen molar-refractivity contribution < 1.29 is 14.0 Å². The molecule has 3 heterocycles. The number of likely N-dealkylation sites (tertiary alicyclic amines) is 1. The third-order valence-corrected chi connectivity index (χ3v) is 7.30. The molecule has 0 aliphatic carbocycles. The van der Waals surface area contributed by atoms with Gasteiger partial charge in [-0.05, 0) is 42.8 Å². The summed E-state index contributed by atoms with van der Waals surface area (Å²) in [5.74, 6) is -0.00499. The molecule has 6 heteroatoms. The summed E-state index contributed by atoms with van der Waals surface area (Å²) in [4.78, 5) is 27.8. The van der Waals surface area contributed by atoms with Crippen LogP contribution in [-0.2, 0) is 0 Å². The first kappa shape index (κ1) is 18.9. The Morgan fingerprint density at radius 2 is 1.87 bits per heavy atom. The Bertz CT molecular complexity index is 1320. The Hall–Kier alpha value is -3.12. The number of nitrogens with two attached hydrogens (primary N) is 1. The van der Waals surface area contributed by atoms with Crippen molar-refractivity contribution >= 4 is 44.2 Å². The Labute approximate surface area is 178 Å². The van der Waals surface area contributed by atoms with Crippen LogP contribution in [0, 0.1) is 13.8 Å². The summed E-state index contributed by atoms with van der Waals surface area (Å²) < 4.78 is 7.05. The van der Waals surface area contributed by atoms with Gasteiger partial charge in [-0.25, -0.2) is 0 Å². The Balaban J connectivity index is 1.49. The molecule has 5 rings (SSSR count). The number of primary amides is 1. The molecule has 5 nitrogen and oxygen atoms in total. The third-order valence-electron chi connectivity index (χ3n) is 6.10. The van der Waals surface area contributed by atoms with E-state index >= 15 is 0 Å². The summed E-state index contributed by atoms with van der Waals surface area (Å²) in [6, 6.07) is 13.9. The van der Waals surface area contributed by atoms with Gasteiger partial charge in [0.1, 0.15) is 5.58 Å². The second kappa shape index (κ2) is 6.99. The maximum atomic E-state index is 13.3. The Morgan fingerprint density at radius 1 is 1.10 bits per heavy atom. The molecule has 0 bridgehead atoms. The van der Waals surface area contributed by atoms with Crippen molar-refractivity contribution in [2.75, 3.05) is 13.1 Å². The van der Waals surface area contributed by atoms with E-state index in [1.165, 1.54) is 11.3 Å². The topological polar surface area (TPSA) is 76.5 Å². The molecular formula is C24H22N2O3S. The van der Waals surface area contributed by atoms with Crippen LogP contribution in [0.1, 0.15) is 49.3 Å². The summed E-state index contributed by atoms with van der Waals surface area (Å²) >= 11 is 1.44. The number of carbonyl (C=O) groups excluding carboxylic acids is 2. The van der Waals surface area contributed by atoms with Crippen LogP contribution in [0.4, 0.5) is 0 Å². The lowest BCUT2D eigenvalue weighted by molar-refractivity contribution is 0.0760. The van der Waals surface area contributed by atoms with Crippen molar-refractivity contribution in [1.29, 1.82) is 0 Å². The number of furan rings is 1. The van der Waals surface area contributed by atoms with Crippen LogP contribution >= 0.6 is 11.3 Å². The number of benzene rings is 2. The van der Waals surface area contributed by atoms with Gasteiger partial charge < -0.3 is 15.1 Å². The van der Waals surface area contributed by atoms with E-state index in [0.29, 0.717) is 23.7 Å². The van der Waals surface area contributed by atoms with Gasteiger partial charge in [0, 0.05) is 34.7 Å². The van der Waals surface area contributed by atoms with Crippen molar-refractivity contribution in [3.8, 4) is 0 Å². The van der Waals surface area contributed by atoms with Crippen molar-refractivity contribution in [2.24, 2.45) is 5.73 Å². The van der Waals surface area contributed by atoms with E-state index in [2.05, 4.69) is 0 Å². The summed E-state index contributed by atoms with van der Waals surface area (Å²) in [7, 11) is 0. The SMILES string of the molecule is Cc1c(C(=O)N2CC[C@@H](c3c(C(N)=O)sc4ccccc34)C2)oc2c(C)cccc12. The second-order valence-electron chi connectivity index (χ2n) is 7.95. The molecule has 1 aliphatic heterocycles. The number of amides is 2. The molecule has 2 N–H and O–H groups in total. The highest BCUT2D eigenvalue weighted by atomic mass is 32.1. The highest BCUT2D eigenvalue weighted by Gasteiger charge is 2.34. The molecule has 1 atom stereocenters. The van der Waals surface area contributed by atoms with Crippen LogP contribution in [0.25, 0.3) is 21.1 Å². The fourth-order valence-corrected chi connectivity index (χ4v) is 5.71. The van der Waals surface area contributed by atoms with Crippen molar-refractivity contribution in [2.45, 2.75) is 26.2 Å². The van der Waals surface area contributed by atoms with Gasteiger partial charge in [-0.1, -0.05) is 36.4 Å². The standard InChI is InChI=1S/C24H22N2O3S/c1-13-6-5-8-16-14(2)21(29-20(13)16)24(28)26-11-10-15(12-26)19-17-7-3-4-9-18(17)30-22(19)23(25)27/h3-9,15H,10-12H2,1-2H3,(H2,25,27)/t15-/m1/s1. The summed E-state index contributed by atoms with van der Waals surface area (Å²) in [6.45, 7) is 5.10. The second-order valence-corrected chi connectivity index (χ2v) is 9.00. The average Bonchev–Trinajstić information content (AvgIpc) is 3.43. The maximum Gasteiger partial charge on any atom is 0.289 e. The van der Waals surface area contributed by atoms with E-state index in [1.807, 2.05) is 61.2 Å². The Kier molecular flexibility index (Phi) is 4.40. The van der Waals surface area contributed by atoms with Crippen LogP contribution in [0.3, 0.4) is 0 Å². The van der Waals surface area contributed by atoms with Crippen LogP contribution < -0.4 is 5.73 Å². The van der Waals surface area contributed by atoms with E-state index < -0.39 is 5.91 Å². The summed E-state index contributed by atoms with van der Waals surface area (Å²) in [5.41, 5.74) is 9.33. The fraction of sp³-hybridized carbons (Fsp3) is 0.250. The molecule has 152 valence electrons. The highest BCUT2D eigenvalue weighted by molar-refractivity contribution is 7.21. The van der Waals surface area contributed by atoms with Crippen molar-refractivity contribution in [3.05, 3.63) is 69.8 Å². The fourth-order valence-electron chi connectivity index (χ4n) is 4.57. The predicted octanol–water partition coefficient (Wildman–Crippen LogP) is 4.99. The van der Waals surface area contributed by atoms with Gasteiger partial charge in [0.2, 0.25) is 0 Å². The molecule has 1 aliphatic rings. The van der Waals surface area contributed by atoms with E-state index in [1.54, 1.807) is 0 Å². The van der Waals surface area contributed by atoms with E-state index in [-0.39, 0.29) is 11.8 Å². The average molecular weight is 419 g/mol. The van der Waals surface area contributed by atoms with Gasteiger partial charge in [-0.2, -0.15) is 0 Å². The number of aryl methyl sites for hydroxylation is 2. The molecule has 2 aromatic carbocycles. The molecule has 0 spiro atoms. The van der Waals surface area contributed by atoms with Gasteiger partial charge in [0.25, 0.3) is 11.8 Å². The van der Waals surface area contributed by atoms with Gasteiger partial charge in [0.05, 0.1) is 4.88 Å². The number of thiophene rings is 1. The minimum atomic E-state index is -0.403. The number of para-hydroxylation sites is 1. The molecule has 1 fully saturated rings. The Morgan fingerprint density at radius 3 is 2.63 bits per heavy atom. The molecule has 0 saturated carbocycles. The minimum Gasteiger partial charge on any atom is -0.450 e. The van der Waals surface area contributed by atoms with Crippen LogP contribution in [-0.4, -0.2) is 29.8 Å². The summed E-state index contributed by atoms with van der Waals surface area (Å²) in [5, 5.41) is 2.04. The first-order valence-electron chi connectivity index (χ1n) is 10.0. The van der Waals surface area contributed by atoms with E-state index in [0.717, 1.165) is 44.2 Å². The molecule has 2 amide bonds. The zero-order valence-corrected chi connectivity index (χ0v) is 17.7. The zero-order valence-electron chi connectivity index (χ0n) is 16.9. The highest BCUT2D eigenvalue weighted by Crippen LogP contribution is 2.40. The van der Waals surface area contributed by atoms with Gasteiger partial charge in [-0.3, -0.25) is 9.59 Å². The molecule has 0 radical (unpaired) electrons. The number of hydrogen-bond donors (Lipinski definition) is 1. The van der Waals surface area contributed by atoms with Gasteiger partial charge in [-0.15, -0.1) is 11.3 Å². The lowest BCUT2D eigenvalue weighted by Crippen LogP contribution is -2.28. The molecule has 4 aromatic rings. The van der Waals surface area contributed by atoms with E-state index in [4.69, 9.17) is 10.2 Å². The number of nitrogens with zero attached hydrogens (tertiary/aromatic N) is 1. The number of carbonyl (C=O) groups is 2. The lowest BCUT2D eigenvalue weighted by atomic mass is 9.95. The largest absolute Gasteiger partial charge is 0.450 e. The van der Waals surface area contributed by atoms with Crippen LogP contribution in [0.5, 0.6) is 0 Å². The molecule has 2 aromatic heterocycles. The maximum absolute atomic E-state index is 13.3. The normalized spacial score (nSPS) is 16.6. The molecular weight excluding hydrogens is 396 g/mol. The van der Waals surface area contributed by atoms with Crippen molar-refractivity contribution in [1.82, 2.24) is 4.90 Å².